The minimum Gasteiger partial charge on any atom is -0.373 e. The fraction of sp³-hybridized carbons (Fsp3) is 0.765. The molecule has 0 aromatic heterocycles. The predicted octanol–water partition coefficient (Wildman–Crippen LogP) is 5.55. The van der Waals surface area contributed by atoms with E-state index in [4.69, 9.17) is 24.4 Å². The van der Waals surface area contributed by atoms with Crippen molar-refractivity contribution in [3.63, 3.8) is 0 Å². The molecule has 0 amide bonds. The van der Waals surface area contributed by atoms with Gasteiger partial charge in [0.2, 0.25) is 0 Å². The van der Waals surface area contributed by atoms with E-state index in [2.05, 4.69) is 51.6 Å². The summed E-state index contributed by atoms with van der Waals surface area (Å²) in [6, 6.07) is 0. The summed E-state index contributed by atoms with van der Waals surface area (Å²) < 4.78 is 1.75. The Balaban J connectivity index is 0. The van der Waals surface area contributed by atoms with Crippen LogP contribution in [0.3, 0.4) is 0 Å². The van der Waals surface area contributed by atoms with E-state index < -0.39 is 0 Å². The Kier molecular flexibility index (Phi) is 14.6. The second kappa shape index (κ2) is 13.4. The monoisotopic (exact) mass is 330 g/mol. The Labute approximate surface area is 142 Å². The van der Waals surface area contributed by atoms with E-state index in [1.165, 1.54) is 17.7 Å². The van der Waals surface area contributed by atoms with Crippen LogP contribution < -0.4 is 4.90 Å². The Bertz CT molecular complexity index is 434. The number of hydrogen-bond acceptors (Lipinski definition) is 4. The fourth-order valence-electron chi connectivity index (χ4n) is 1.80. The Morgan fingerprint density at radius 2 is 1.38 bits per heavy atom. The first-order valence-electron chi connectivity index (χ1n) is 8.10. The molecule has 0 saturated carbocycles. The van der Waals surface area contributed by atoms with Gasteiger partial charge in [-0.2, -0.15) is 0 Å². The summed E-state index contributed by atoms with van der Waals surface area (Å²) in [5.41, 5.74) is 2.37. The molecule has 0 aliphatic carbocycles. The summed E-state index contributed by atoms with van der Waals surface area (Å²) in [6.45, 7) is 15.8. The molecule has 0 atom stereocenters. The molecule has 124 valence electrons. The lowest BCUT2D eigenvalue weighted by Gasteiger charge is -2.25. The van der Waals surface area contributed by atoms with Gasteiger partial charge in [-0.05, 0) is 39.0 Å². The fourth-order valence-corrected chi connectivity index (χ4v) is 2.46. The van der Waals surface area contributed by atoms with Gasteiger partial charge in [-0.3, -0.25) is 0 Å². The van der Waals surface area contributed by atoms with Gasteiger partial charge in [-0.25, -0.2) is 0 Å². The SMILES string of the molecule is CC.CCC.CCN(C)CCCN(C)c1c(C)c(=S)c1=S. The molecular weight excluding hydrogens is 296 g/mol. The molecule has 0 aliphatic rings. The van der Waals surface area contributed by atoms with Crippen LogP contribution in [-0.4, -0.2) is 38.6 Å². The normalized spacial score (nSPS) is 9.76. The first-order chi connectivity index (χ1) is 9.90. The van der Waals surface area contributed by atoms with Crippen LogP contribution in [0.2, 0.25) is 0 Å². The highest BCUT2D eigenvalue weighted by Crippen LogP contribution is 2.28. The van der Waals surface area contributed by atoms with Crippen LogP contribution in [0.5, 0.6) is 0 Å². The van der Waals surface area contributed by atoms with Gasteiger partial charge in [-0.1, -0.05) is 65.5 Å². The predicted molar refractivity (Wildman–Crippen MR) is 104 cm³/mol. The van der Waals surface area contributed by atoms with Crippen molar-refractivity contribution < 1.29 is 0 Å². The van der Waals surface area contributed by atoms with E-state index in [1.807, 2.05) is 13.8 Å². The van der Waals surface area contributed by atoms with Crippen LogP contribution in [0.1, 0.15) is 53.0 Å². The second-order valence-electron chi connectivity index (χ2n) is 5.01. The van der Waals surface area contributed by atoms with Crippen molar-refractivity contribution in [2.45, 2.75) is 54.4 Å². The van der Waals surface area contributed by atoms with Gasteiger partial charge in [-0.15, -0.1) is 0 Å². The first-order valence-corrected chi connectivity index (χ1v) is 8.91. The third-order valence-electron chi connectivity index (χ3n) is 3.07. The van der Waals surface area contributed by atoms with Crippen molar-refractivity contribution in [3.8, 4) is 0 Å². The molecule has 0 fully saturated rings. The lowest BCUT2D eigenvalue weighted by atomic mass is 10.1. The van der Waals surface area contributed by atoms with Gasteiger partial charge < -0.3 is 9.80 Å². The number of rotatable bonds is 6. The van der Waals surface area contributed by atoms with Gasteiger partial charge >= 0.3 is 0 Å². The average Bonchev–Trinajstić information content (AvgIpc) is 2.49. The van der Waals surface area contributed by atoms with Gasteiger partial charge in [0.1, 0.15) is 0 Å². The number of nitrogens with zero attached hydrogens (tertiary/aromatic N) is 2. The molecule has 1 aromatic carbocycles. The maximum atomic E-state index is 5.25. The Morgan fingerprint density at radius 1 is 0.905 bits per heavy atom. The van der Waals surface area contributed by atoms with Gasteiger partial charge in [0, 0.05) is 13.6 Å². The van der Waals surface area contributed by atoms with Crippen LogP contribution >= 0.6 is 24.4 Å². The van der Waals surface area contributed by atoms with E-state index in [9.17, 15) is 0 Å². The minimum atomic E-state index is 0.874. The summed E-state index contributed by atoms with van der Waals surface area (Å²) in [5, 5.41) is 0. The molecule has 4 heteroatoms. The smallest absolute Gasteiger partial charge is 0.0797 e. The third kappa shape index (κ3) is 8.03. The zero-order valence-corrected chi connectivity index (χ0v) is 16.9. The van der Waals surface area contributed by atoms with E-state index in [0.717, 1.165) is 35.1 Å². The number of hydrogen-bond donors (Lipinski definition) is 0. The average molecular weight is 331 g/mol. The zero-order valence-electron chi connectivity index (χ0n) is 15.2. The third-order valence-corrected chi connectivity index (χ3v) is 4.11. The molecule has 0 bridgehead atoms. The molecule has 21 heavy (non-hydrogen) atoms. The lowest BCUT2D eigenvalue weighted by Crippen LogP contribution is -2.26. The molecule has 0 radical (unpaired) electrons. The lowest BCUT2D eigenvalue weighted by molar-refractivity contribution is 0.349. The topological polar surface area (TPSA) is 6.48 Å². The Morgan fingerprint density at radius 3 is 1.76 bits per heavy atom. The highest BCUT2D eigenvalue weighted by atomic mass is 32.1. The van der Waals surface area contributed by atoms with Crippen molar-refractivity contribution >= 4 is 30.1 Å². The van der Waals surface area contributed by atoms with Gasteiger partial charge in [0.25, 0.3) is 0 Å². The molecule has 0 N–H and O–H groups in total. The summed E-state index contributed by atoms with van der Waals surface area (Å²) in [7, 11) is 4.24. The molecule has 1 aromatic rings. The van der Waals surface area contributed by atoms with Crippen LogP contribution in [0.25, 0.3) is 0 Å². The molecule has 0 unspecified atom stereocenters. The largest absolute Gasteiger partial charge is 0.373 e. The first kappa shape index (κ1) is 23.0. The number of anilines is 1. The molecule has 0 saturated heterocycles. The van der Waals surface area contributed by atoms with Crippen LogP contribution in [0, 0.1) is 15.9 Å². The highest BCUT2D eigenvalue weighted by molar-refractivity contribution is 7.74. The molecule has 2 nitrogen and oxygen atoms in total. The van der Waals surface area contributed by atoms with Crippen molar-refractivity contribution in [3.05, 3.63) is 14.6 Å². The van der Waals surface area contributed by atoms with Gasteiger partial charge in [0.05, 0.1) is 14.7 Å². The summed E-state index contributed by atoms with van der Waals surface area (Å²) >= 11 is 10.4. The van der Waals surface area contributed by atoms with E-state index in [1.54, 1.807) is 0 Å². The summed E-state index contributed by atoms with van der Waals surface area (Å²) in [5.74, 6) is 0. The van der Waals surface area contributed by atoms with Crippen LogP contribution in [0.15, 0.2) is 0 Å². The maximum Gasteiger partial charge on any atom is 0.0797 e. The Hall–Kier alpha value is -0.320. The molecule has 1 rings (SSSR count). The van der Waals surface area contributed by atoms with E-state index in [-0.39, 0.29) is 0 Å². The van der Waals surface area contributed by atoms with Crippen LogP contribution in [-0.2, 0) is 0 Å². The van der Waals surface area contributed by atoms with Crippen molar-refractivity contribution in [2.75, 3.05) is 38.6 Å². The van der Waals surface area contributed by atoms with E-state index in [0.29, 0.717) is 0 Å². The van der Waals surface area contributed by atoms with Crippen molar-refractivity contribution in [1.82, 2.24) is 4.90 Å². The quantitative estimate of drug-likeness (QED) is 0.631. The molecule has 0 aliphatic heterocycles. The van der Waals surface area contributed by atoms with Gasteiger partial charge in [0.15, 0.2) is 0 Å². The summed E-state index contributed by atoms with van der Waals surface area (Å²) in [6.07, 6.45) is 2.41. The minimum absolute atomic E-state index is 0.874. The highest BCUT2D eigenvalue weighted by Gasteiger charge is 2.14. The van der Waals surface area contributed by atoms with Crippen LogP contribution in [0.4, 0.5) is 5.69 Å². The zero-order chi connectivity index (χ0) is 17.0. The second-order valence-corrected chi connectivity index (χ2v) is 5.83. The maximum absolute atomic E-state index is 5.25. The standard InChI is InChI=1S/C12H20N2S2.C3H8.C2H6/c1-5-13(3)7-6-8-14(4)10-9(2)11(15)12(10)16;1-3-2;1-2/h5-8H2,1-4H3;3H2,1-2H3;1-2H3. The molecular formula is C17H34N2S2. The summed E-state index contributed by atoms with van der Waals surface area (Å²) in [4.78, 5) is 4.55. The van der Waals surface area contributed by atoms with E-state index >= 15 is 0 Å². The molecule has 0 spiro atoms. The van der Waals surface area contributed by atoms with Crippen molar-refractivity contribution in [1.29, 1.82) is 0 Å². The van der Waals surface area contributed by atoms with Crippen molar-refractivity contribution in [2.24, 2.45) is 0 Å². The molecule has 0 heterocycles.